The Balaban J connectivity index is 2.27. The molecule has 1 aliphatic heterocycles. The van der Waals surface area contributed by atoms with Crippen molar-refractivity contribution in [2.75, 3.05) is 0 Å². The molecule has 4 atom stereocenters. The van der Waals surface area contributed by atoms with Gasteiger partial charge < -0.3 is 10.0 Å². The van der Waals surface area contributed by atoms with Gasteiger partial charge in [-0.2, -0.15) is 0 Å². The van der Waals surface area contributed by atoms with Gasteiger partial charge in [-0.15, -0.1) is 0 Å². The molecule has 1 N–H and O–H groups in total. The van der Waals surface area contributed by atoms with Crippen LogP contribution >= 0.6 is 23.2 Å². The van der Waals surface area contributed by atoms with E-state index in [4.69, 9.17) is 23.2 Å². The fourth-order valence-electron chi connectivity index (χ4n) is 5.04. The minimum Gasteiger partial charge on any atom is -0.481 e. The van der Waals surface area contributed by atoms with E-state index in [-0.39, 0.29) is 30.4 Å². The third-order valence-corrected chi connectivity index (χ3v) is 7.06. The first-order valence-corrected chi connectivity index (χ1v) is 11.9. The number of rotatable bonds is 8. The second-order valence-corrected chi connectivity index (χ2v) is 9.82. The molecule has 1 amide bonds. The zero-order chi connectivity index (χ0) is 24.3. The van der Waals surface area contributed by atoms with Crippen LogP contribution in [0.3, 0.4) is 0 Å². The van der Waals surface area contributed by atoms with Gasteiger partial charge in [0.2, 0.25) is 5.91 Å². The van der Waals surface area contributed by atoms with Crippen molar-refractivity contribution >= 4 is 40.9 Å². The quantitative estimate of drug-likeness (QED) is 0.472. The number of piperidine rings is 1. The number of hydrogen-bond acceptors (Lipinski definition) is 3. The maximum atomic E-state index is 14.0. The molecule has 0 aliphatic carbocycles. The minimum absolute atomic E-state index is 0.0470. The number of amides is 1. The molecule has 0 saturated carbocycles. The first-order chi connectivity index (χ1) is 15.6. The Morgan fingerprint density at radius 2 is 1.76 bits per heavy atom. The summed E-state index contributed by atoms with van der Waals surface area (Å²) in [6.45, 7) is 5.35. The second-order valence-electron chi connectivity index (χ2n) is 8.95. The zero-order valence-electron chi connectivity index (χ0n) is 19.1. The lowest BCUT2D eigenvalue weighted by molar-refractivity contribution is -0.162. The van der Waals surface area contributed by atoms with Gasteiger partial charge in [-0.3, -0.25) is 14.4 Å². The first-order valence-electron chi connectivity index (χ1n) is 11.2. The largest absolute Gasteiger partial charge is 0.481 e. The van der Waals surface area contributed by atoms with Crippen molar-refractivity contribution in [3.8, 4) is 0 Å². The molecular weight excluding hydrogens is 461 g/mol. The molecule has 5 nitrogen and oxygen atoms in total. The number of likely N-dealkylation sites (tertiary alicyclic amines) is 1. The number of carbonyl (C=O) groups excluding carboxylic acids is 2. The van der Waals surface area contributed by atoms with E-state index in [2.05, 4.69) is 0 Å². The van der Waals surface area contributed by atoms with Gasteiger partial charge in [0.15, 0.2) is 5.78 Å². The molecule has 33 heavy (non-hydrogen) atoms. The maximum Gasteiger partial charge on any atom is 0.304 e. The van der Waals surface area contributed by atoms with Crippen LogP contribution in [0.5, 0.6) is 0 Å². The predicted molar refractivity (Wildman–Crippen MR) is 130 cm³/mol. The fourth-order valence-corrected chi connectivity index (χ4v) is 5.36. The van der Waals surface area contributed by atoms with Crippen molar-refractivity contribution in [3.05, 3.63) is 69.7 Å². The molecule has 1 fully saturated rings. The second kappa shape index (κ2) is 10.3. The molecule has 7 heteroatoms. The summed E-state index contributed by atoms with van der Waals surface area (Å²) < 4.78 is 0. The van der Waals surface area contributed by atoms with Crippen LogP contribution in [0.25, 0.3) is 0 Å². The summed E-state index contributed by atoms with van der Waals surface area (Å²) in [5.74, 6) is -1.66. The molecule has 3 unspecified atom stereocenters. The standard InChI is InChI=1S/C26H29Cl2NO4/c1-4-21(22(30)5-2)29-24(16-9-11-18(27)12-10-16)20(17-7-6-8-19(28)13-17)14-26(3,25(29)33)15-23(31)32/h6-13,20-21,24H,4-5,14-15H2,1-3H3,(H,31,32)/t20?,21?,24?,26-/m1/s1. The van der Waals surface area contributed by atoms with Crippen molar-refractivity contribution in [3.63, 3.8) is 0 Å². The number of hydrogen-bond donors (Lipinski definition) is 1. The third-order valence-electron chi connectivity index (χ3n) is 6.57. The monoisotopic (exact) mass is 489 g/mol. The zero-order valence-corrected chi connectivity index (χ0v) is 20.6. The topological polar surface area (TPSA) is 74.7 Å². The van der Waals surface area contributed by atoms with Crippen LogP contribution in [0.2, 0.25) is 10.0 Å². The number of ketones is 1. The number of nitrogens with zero attached hydrogens (tertiary/aromatic N) is 1. The average molecular weight is 490 g/mol. The van der Waals surface area contributed by atoms with Gasteiger partial charge in [-0.25, -0.2) is 0 Å². The van der Waals surface area contributed by atoms with E-state index in [0.29, 0.717) is 22.9 Å². The minimum atomic E-state index is -1.16. The summed E-state index contributed by atoms with van der Waals surface area (Å²) in [5.41, 5.74) is 0.580. The molecule has 3 rings (SSSR count). The summed E-state index contributed by atoms with van der Waals surface area (Å²) in [6.07, 6.45) is 0.726. The Hall–Kier alpha value is -2.37. The van der Waals surface area contributed by atoms with E-state index >= 15 is 0 Å². The Morgan fingerprint density at radius 1 is 1.09 bits per heavy atom. The molecule has 1 aliphatic rings. The molecule has 1 saturated heterocycles. The molecule has 2 aromatic rings. The molecule has 0 aromatic heterocycles. The van der Waals surface area contributed by atoms with Crippen LogP contribution in [0.1, 0.15) is 69.5 Å². The molecule has 176 valence electrons. The van der Waals surface area contributed by atoms with Crippen molar-refractivity contribution in [2.45, 2.75) is 64.5 Å². The smallest absolute Gasteiger partial charge is 0.304 e. The average Bonchev–Trinajstić information content (AvgIpc) is 2.77. The lowest BCUT2D eigenvalue weighted by Gasteiger charge is -2.51. The maximum absolute atomic E-state index is 14.0. The van der Waals surface area contributed by atoms with Crippen LogP contribution in [0.4, 0.5) is 0 Å². The number of carboxylic acid groups (broad SMARTS) is 1. The highest BCUT2D eigenvalue weighted by molar-refractivity contribution is 6.30. The number of halogens is 2. The molecule has 0 spiro atoms. The lowest BCUT2D eigenvalue weighted by Crippen LogP contribution is -2.57. The van der Waals surface area contributed by atoms with Crippen LogP contribution in [0.15, 0.2) is 48.5 Å². The van der Waals surface area contributed by atoms with E-state index in [1.165, 1.54) is 0 Å². The Morgan fingerprint density at radius 3 is 2.30 bits per heavy atom. The van der Waals surface area contributed by atoms with E-state index in [1.54, 1.807) is 36.9 Å². The summed E-state index contributed by atoms with van der Waals surface area (Å²) in [7, 11) is 0. The van der Waals surface area contributed by atoms with Crippen LogP contribution < -0.4 is 0 Å². The van der Waals surface area contributed by atoms with Crippen LogP contribution in [0, 0.1) is 5.41 Å². The SMILES string of the molecule is CCC(=O)C(CC)N1C(=O)[C@@](C)(CC(=O)O)CC(c2cccc(Cl)c2)C1c1ccc(Cl)cc1. The van der Waals surface area contributed by atoms with E-state index in [1.807, 2.05) is 37.3 Å². The fraction of sp³-hybridized carbons (Fsp3) is 0.423. The molecule has 2 aromatic carbocycles. The van der Waals surface area contributed by atoms with Gasteiger partial charge >= 0.3 is 5.97 Å². The Bertz CT molecular complexity index is 1040. The number of carboxylic acids is 1. The highest BCUT2D eigenvalue weighted by Crippen LogP contribution is 2.52. The van der Waals surface area contributed by atoms with E-state index in [9.17, 15) is 19.5 Å². The van der Waals surface area contributed by atoms with Crippen molar-refractivity contribution in [1.82, 2.24) is 4.90 Å². The number of aliphatic carboxylic acids is 1. The summed E-state index contributed by atoms with van der Waals surface area (Å²) in [4.78, 5) is 40.4. The van der Waals surface area contributed by atoms with Gasteiger partial charge in [0.05, 0.1) is 23.9 Å². The summed E-state index contributed by atoms with van der Waals surface area (Å²) >= 11 is 12.5. The Kier molecular flexibility index (Phi) is 7.86. The highest BCUT2D eigenvalue weighted by Gasteiger charge is 2.53. The number of Topliss-reactive ketones (excluding diaryl/α,β-unsaturated/α-hetero) is 1. The molecular formula is C26H29Cl2NO4. The van der Waals surface area contributed by atoms with Gasteiger partial charge in [0.1, 0.15) is 0 Å². The van der Waals surface area contributed by atoms with Gasteiger partial charge in [-0.05, 0) is 48.2 Å². The lowest BCUT2D eigenvalue weighted by atomic mass is 9.67. The van der Waals surface area contributed by atoms with Crippen molar-refractivity contribution in [2.24, 2.45) is 5.41 Å². The predicted octanol–water partition coefficient (Wildman–Crippen LogP) is 6.29. The molecule has 0 radical (unpaired) electrons. The highest BCUT2D eigenvalue weighted by atomic mass is 35.5. The Labute approximate surface area is 204 Å². The van der Waals surface area contributed by atoms with Gasteiger partial charge in [-0.1, -0.05) is 68.2 Å². The van der Waals surface area contributed by atoms with E-state index < -0.39 is 23.5 Å². The summed E-state index contributed by atoms with van der Waals surface area (Å²) in [6, 6.07) is 13.6. The normalized spacial score (nSPS) is 23.9. The van der Waals surface area contributed by atoms with Gasteiger partial charge in [0.25, 0.3) is 0 Å². The van der Waals surface area contributed by atoms with Crippen LogP contribution in [-0.2, 0) is 14.4 Å². The summed E-state index contributed by atoms with van der Waals surface area (Å²) in [5, 5.41) is 10.8. The van der Waals surface area contributed by atoms with E-state index in [0.717, 1.165) is 11.1 Å². The number of benzene rings is 2. The van der Waals surface area contributed by atoms with Crippen LogP contribution in [-0.4, -0.2) is 33.7 Å². The molecule has 1 heterocycles. The van der Waals surface area contributed by atoms with Gasteiger partial charge in [0, 0.05) is 22.4 Å². The first kappa shape index (κ1) is 25.3. The third kappa shape index (κ3) is 5.25. The molecule has 0 bridgehead atoms. The van der Waals surface area contributed by atoms with Crippen molar-refractivity contribution < 1.29 is 19.5 Å². The van der Waals surface area contributed by atoms with Crippen molar-refractivity contribution in [1.29, 1.82) is 0 Å². The number of carbonyl (C=O) groups is 3.